The van der Waals surface area contributed by atoms with E-state index in [1.165, 1.54) is 11.3 Å². The molecule has 2 aromatic carbocycles. The Hall–Kier alpha value is -2.86. The number of aromatic nitrogens is 1. The molecular formula is C16H13N3O2S. The standard InChI is InChI=1S/C16H13N3O2S/c20-13-5-1-3-11(7-13)9-17-19-16-18-15(10-22-16)12-4-2-6-14(21)8-12/h1-10,20-21H,(H,18,19)/b17-9-. The molecule has 0 aliphatic carbocycles. The Morgan fingerprint density at radius 1 is 1.05 bits per heavy atom. The molecule has 3 N–H and O–H groups in total. The maximum Gasteiger partial charge on any atom is 0.203 e. The van der Waals surface area contributed by atoms with Crippen molar-refractivity contribution in [3.63, 3.8) is 0 Å². The summed E-state index contributed by atoms with van der Waals surface area (Å²) in [6, 6.07) is 13.7. The Kier molecular flexibility index (Phi) is 4.02. The first-order valence-electron chi connectivity index (χ1n) is 6.54. The van der Waals surface area contributed by atoms with Crippen LogP contribution in [0.25, 0.3) is 11.3 Å². The lowest BCUT2D eigenvalue weighted by Gasteiger charge is -1.97. The fourth-order valence-corrected chi connectivity index (χ4v) is 2.56. The van der Waals surface area contributed by atoms with Crippen molar-refractivity contribution in [2.45, 2.75) is 0 Å². The summed E-state index contributed by atoms with van der Waals surface area (Å²) in [5.74, 6) is 0.409. The molecule has 5 nitrogen and oxygen atoms in total. The van der Waals surface area contributed by atoms with Gasteiger partial charge in [0.15, 0.2) is 0 Å². The Labute approximate surface area is 131 Å². The SMILES string of the molecule is Oc1cccc(/C=N\Nc2nc(-c3cccc(O)c3)cs2)c1. The van der Waals surface area contributed by atoms with Crippen LogP contribution in [0.1, 0.15) is 5.56 Å². The van der Waals surface area contributed by atoms with Gasteiger partial charge in [-0.2, -0.15) is 5.10 Å². The number of rotatable bonds is 4. The average Bonchev–Trinajstić information content (AvgIpc) is 2.96. The second kappa shape index (κ2) is 6.28. The van der Waals surface area contributed by atoms with E-state index in [2.05, 4.69) is 15.5 Å². The molecule has 22 heavy (non-hydrogen) atoms. The van der Waals surface area contributed by atoms with Crippen LogP contribution >= 0.6 is 11.3 Å². The van der Waals surface area contributed by atoms with E-state index in [1.807, 2.05) is 17.5 Å². The van der Waals surface area contributed by atoms with Crippen molar-refractivity contribution in [3.8, 4) is 22.8 Å². The summed E-state index contributed by atoms with van der Waals surface area (Å²) in [5, 5.41) is 25.5. The number of phenolic OH excluding ortho intramolecular Hbond substituents is 2. The van der Waals surface area contributed by atoms with E-state index in [9.17, 15) is 10.2 Å². The highest BCUT2D eigenvalue weighted by molar-refractivity contribution is 7.14. The zero-order valence-electron chi connectivity index (χ0n) is 11.5. The van der Waals surface area contributed by atoms with Crippen LogP contribution in [0.4, 0.5) is 5.13 Å². The molecule has 0 saturated carbocycles. The third-order valence-electron chi connectivity index (χ3n) is 2.89. The fourth-order valence-electron chi connectivity index (χ4n) is 1.89. The van der Waals surface area contributed by atoms with E-state index in [1.54, 1.807) is 42.6 Å². The van der Waals surface area contributed by atoms with Crippen LogP contribution in [0.15, 0.2) is 59.0 Å². The minimum Gasteiger partial charge on any atom is -0.508 e. The predicted molar refractivity (Wildman–Crippen MR) is 88.5 cm³/mol. The predicted octanol–water partition coefficient (Wildman–Crippen LogP) is 3.67. The number of thiazole rings is 1. The average molecular weight is 311 g/mol. The van der Waals surface area contributed by atoms with E-state index in [0.717, 1.165) is 16.8 Å². The van der Waals surface area contributed by atoms with Crippen LogP contribution < -0.4 is 5.43 Å². The summed E-state index contributed by atoms with van der Waals surface area (Å²) in [6.07, 6.45) is 1.61. The highest BCUT2D eigenvalue weighted by atomic mass is 32.1. The Bertz CT molecular complexity index is 814. The van der Waals surface area contributed by atoms with Gasteiger partial charge in [0.1, 0.15) is 11.5 Å². The van der Waals surface area contributed by atoms with E-state index in [-0.39, 0.29) is 11.5 Å². The summed E-state index contributed by atoms with van der Waals surface area (Å²) in [4.78, 5) is 4.40. The van der Waals surface area contributed by atoms with Crippen LogP contribution in [-0.2, 0) is 0 Å². The number of hydrogen-bond donors (Lipinski definition) is 3. The topological polar surface area (TPSA) is 77.7 Å². The van der Waals surface area contributed by atoms with Gasteiger partial charge in [-0.3, -0.25) is 5.43 Å². The molecule has 3 aromatic rings. The number of phenols is 2. The van der Waals surface area contributed by atoms with Gasteiger partial charge in [-0.25, -0.2) is 4.98 Å². The number of benzene rings is 2. The molecule has 0 fully saturated rings. The van der Waals surface area contributed by atoms with Crippen molar-refractivity contribution in [2.75, 3.05) is 5.43 Å². The molecule has 0 spiro atoms. The molecule has 1 aromatic heterocycles. The zero-order chi connectivity index (χ0) is 15.4. The van der Waals surface area contributed by atoms with Crippen molar-refractivity contribution in [1.29, 1.82) is 0 Å². The summed E-state index contributed by atoms with van der Waals surface area (Å²) in [6.45, 7) is 0. The van der Waals surface area contributed by atoms with E-state index < -0.39 is 0 Å². The van der Waals surface area contributed by atoms with Gasteiger partial charge in [-0.05, 0) is 29.8 Å². The number of hydrazone groups is 1. The van der Waals surface area contributed by atoms with Gasteiger partial charge in [0, 0.05) is 10.9 Å². The van der Waals surface area contributed by atoms with Gasteiger partial charge >= 0.3 is 0 Å². The lowest BCUT2D eigenvalue weighted by atomic mass is 10.2. The lowest BCUT2D eigenvalue weighted by Crippen LogP contribution is -1.90. The Morgan fingerprint density at radius 3 is 2.59 bits per heavy atom. The summed E-state index contributed by atoms with van der Waals surface area (Å²) in [5.41, 5.74) is 5.26. The van der Waals surface area contributed by atoms with Crippen LogP contribution in [0, 0.1) is 0 Å². The Morgan fingerprint density at radius 2 is 1.82 bits per heavy atom. The lowest BCUT2D eigenvalue weighted by molar-refractivity contribution is 0.475. The molecule has 0 unspecified atom stereocenters. The number of aromatic hydroxyl groups is 2. The normalized spacial score (nSPS) is 10.9. The molecule has 0 bridgehead atoms. The van der Waals surface area contributed by atoms with Crippen molar-refractivity contribution in [3.05, 3.63) is 59.5 Å². The van der Waals surface area contributed by atoms with Crippen molar-refractivity contribution in [2.24, 2.45) is 5.10 Å². The van der Waals surface area contributed by atoms with Gasteiger partial charge in [0.25, 0.3) is 0 Å². The molecule has 0 saturated heterocycles. The van der Waals surface area contributed by atoms with Gasteiger partial charge in [-0.15, -0.1) is 11.3 Å². The van der Waals surface area contributed by atoms with Crippen LogP contribution in [-0.4, -0.2) is 21.4 Å². The fraction of sp³-hybridized carbons (Fsp3) is 0. The van der Waals surface area contributed by atoms with Crippen molar-refractivity contribution < 1.29 is 10.2 Å². The smallest absolute Gasteiger partial charge is 0.203 e. The van der Waals surface area contributed by atoms with Crippen LogP contribution in [0.2, 0.25) is 0 Å². The number of hydrogen-bond acceptors (Lipinski definition) is 6. The van der Waals surface area contributed by atoms with Crippen LogP contribution in [0.3, 0.4) is 0 Å². The first-order chi connectivity index (χ1) is 10.7. The van der Waals surface area contributed by atoms with Crippen molar-refractivity contribution >= 4 is 22.7 Å². The molecule has 0 amide bonds. The molecule has 0 atom stereocenters. The van der Waals surface area contributed by atoms with Gasteiger partial charge in [0.2, 0.25) is 5.13 Å². The highest BCUT2D eigenvalue weighted by Crippen LogP contribution is 2.26. The van der Waals surface area contributed by atoms with E-state index >= 15 is 0 Å². The maximum atomic E-state index is 9.49. The molecule has 110 valence electrons. The first-order valence-corrected chi connectivity index (χ1v) is 7.42. The summed E-state index contributed by atoms with van der Waals surface area (Å²) >= 11 is 1.42. The summed E-state index contributed by atoms with van der Waals surface area (Å²) in [7, 11) is 0. The second-order valence-electron chi connectivity index (χ2n) is 4.55. The minimum atomic E-state index is 0.198. The second-order valence-corrected chi connectivity index (χ2v) is 5.41. The number of nitrogens with zero attached hydrogens (tertiary/aromatic N) is 2. The van der Waals surface area contributed by atoms with Gasteiger partial charge in [-0.1, -0.05) is 24.3 Å². The zero-order valence-corrected chi connectivity index (χ0v) is 12.3. The maximum absolute atomic E-state index is 9.49. The quantitative estimate of drug-likeness (QED) is 0.507. The highest BCUT2D eigenvalue weighted by Gasteiger charge is 2.04. The first kappa shape index (κ1) is 14.1. The van der Waals surface area contributed by atoms with E-state index in [4.69, 9.17) is 0 Å². The molecule has 3 rings (SSSR count). The third kappa shape index (κ3) is 3.42. The van der Waals surface area contributed by atoms with Gasteiger partial charge in [0.05, 0.1) is 11.9 Å². The van der Waals surface area contributed by atoms with Gasteiger partial charge < -0.3 is 10.2 Å². The Balaban J connectivity index is 1.69. The molecule has 1 heterocycles. The largest absolute Gasteiger partial charge is 0.508 e. The van der Waals surface area contributed by atoms with Crippen molar-refractivity contribution in [1.82, 2.24) is 4.98 Å². The number of anilines is 1. The molecular weight excluding hydrogens is 298 g/mol. The van der Waals surface area contributed by atoms with Crippen LogP contribution in [0.5, 0.6) is 11.5 Å². The number of nitrogens with one attached hydrogen (secondary N) is 1. The summed E-state index contributed by atoms with van der Waals surface area (Å²) < 4.78 is 0. The molecule has 0 aliphatic heterocycles. The molecule has 0 radical (unpaired) electrons. The van der Waals surface area contributed by atoms with E-state index in [0.29, 0.717) is 5.13 Å². The minimum absolute atomic E-state index is 0.198. The third-order valence-corrected chi connectivity index (χ3v) is 3.64. The molecule has 0 aliphatic rings. The monoisotopic (exact) mass is 311 g/mol. The molecule has 6 heteroatoms.